The Morgan fingerprint density at radius 3 is 2.09 bits per heavy atom. The minimum Gasteiger partial charge on any atom is -0.406 e. The predicted octanol–water partition coefficient (Wildman–Crippen LogP) is 2.73. The second-order valence-electron chi connectivity index (χ2n) is 7.38. The van der Waals surface area contributed by atoms with Crippen LogP contribution in [0.5, 0.6) is 5.75 Å². The summed E-state index contributed by atoms with van der Waals surface area (Å²) in [6, 6.07) is 11.4. The van der Waals surface area contributed by atoms with Crippen molar-refractivity contribution in [1.82, 2.24) is 14.3 Å². The molecule has 33 heavy (non-hydrogen) atoms. The SMILES string of the molecule is CON(C)S(=O)(=O)c1ccc(C(=O)N2CCN(Cc3ccc(OC(F)(F)F)cc3)CC2)cc1. The summed E-state index contributed by atoms with van der Waals surface area (Å²) >= 11 is 0. The van der Waals surface area contributed by atoms with E-state index < -0.39 is 16.4 Å². The van der Waals surface area contributed by atoms with Crippen molar-refractivity contribution in [3.63, 3.8) is 0 Å². The van der Waals surface area contributed by atoms with Crippen molar-refractivity contribution >= 4 is 15.9 Å². The van der Waals surface area contributed by atoms with Crippen LogP contribution in [0.3, 0.4) is 0 Å². The van der Waals surface area contributed by atoms with Crippen LogP contribution in [-0.2, 0) is 21.4 Å². The number of ether oxygens (including phenoxy) is 1. The summed E-state index contributed by atoms with van der Waals surface area (Å²) in [4.78, 5) is 21.3. The Kier molecular flexibility index (Phi) is 7.62. The standard InChI is InChI=1S/C21H24F3N3O5S/c1-25(31-2)33(29,30)19-9-5-17(6-10-19)20(28)27-13-11-26(12-14-27)15-16-3-7-18(8-4-16)32-21(22,23)24/h3-10H,11-15H2,1-2H3. The number of sulfonamides is 1. The maximum Gasteiger partial charge on any atom is 0.573 e. The first-order valence-electron chi connectivity index (χ1n) is 9.99. The van der Waals surface area contributed by atoms with Crippen LogP contribution in [0.25, 0.3) is 0 Å². The number of hydrogen-bond acceptors (Lipinski definition) is 6. The number of amides is 1. The van der Waals surface area contributed by atoms with Gasteiger partial charge in [0.05, 0.1) is 12.0 Å². The van der Waals surface area contributed by atoms with Crippen molar-refractivity contribution in [2.45, 2.75) is 17.8 Å². The second-order valence-corrected chi connectivity index (χ2v) is 9.32. The summed E-state index contributed by atoms with van der Waals surface area (Å²) in [5.74, 6) is -0.471. The molecule has 2 aromatic rings. The summed E-state index contributed by atoms with van der Waals surface area (Å²) in [5, 5.41) is 0. The average Bonchev–Trinajstić information content (AvgIpc) is 2.79. The van der Waals surface area contributed by atoms with Crippen LogP contribution >= 0.6 is 0 Å². The quantitative estimate of drug-likeness (QED) is 0.559. The van der Waals surface area contributed by atoms with E-state index in [2.05, 4.69) is 9.64 Å². The van der Waals surface area contributed by atoms with Gasteiger partial charge in [-0.15, -0.1) is 13.2 Å². The number of nitrogens with zero attached hydrogens (tertiary/aromatic N) is 3. The molecule has 2 aromatic carbocycles. The summed E-state index contributed by atoms with van der Waals surface area (Å²) < 4.78 is 65.9. The van der Waals surface area contributed by atoms with E-state index in [0.29, 0.717) is 38.3 Å². The molecule has 1 aliphatic heterocycles. The van der Waals surface area contributed by atoms with Crippen molar-refractivity contribution in [3.8, 4) is 5.75 Å². The molecule has 1 heterocycles. The number of alkyl halides is 3. The van der Waals surface area contributed by atoms with Gasteiger partial charge in [-0.25, -0.2) is 8.42 Å². The Hall–Kier alpha value is -2.67. The molecule has 0 bridgehead atoms. The van der Waals surface area contributed by atoms with Crippen LogP contribution in [-0.4, -0.2) is 75.3 Å². The molecule has 1 aliphatic rings. The van der Waals surface area contributed by atoms with Gasteiger partial charge in [0, 0.05) is 45.3 Å². The lowest BCUT2D eigenvalue weighted by Gasteiger charge is -2.34. The topological polar surface area (TPSA) is 79.4 Å². The molecular weight excluding hydrogens is 463 g/mol. The fraction of sp³-hybridized carbons (Fsp3) is 0.381. The molecule has 0 aliphatic carbocycles. The third-order valence-electron chi connectivity index (χ3n) is 5.22. The largest absolute Gasteiger partial charge is 0.573 e. The Labute approximate surface area is 190 Å². The molecule has 8 nitrogen and oxygen atoms in total. The number of carbonyl (C=O) groups is 1. The zero-order valence-electron chi connectivity index (χ0n) is 18.1. The van der Waals surface area contributed by atoms with Gasteiger partial charge in [0.15, 0.2) is 0 Å². The lowest BCUT2D eigenvalue weighted by Crippen LogP contribution is -2.48. The monoisotopic (exact) mass is 487 g/mol. The van der Waals surface area contributed by atoms with E-state index in [1.165, 1.54) is 50.6 Å². The lowest BCUT2D eigenvalue weighted by molar-refractivity contribution is -0.274. The first kappa shape index (κ1) is 25.0. The third kappa shape index (κ3) is 6.44. The Morgan fingerprint density at radius 2 is 1.58 bits per heavy atom. The summed E-state index contributed by atoms with van der Waals surface area (Å²) in [6.07, 6.45) is -4.72. The van der Waals surface area contributed by atoms with E-state index >= 15 is 0 Å². The van der Waals surface area contributed by atoms with Crippen LogP contribution in [0.1, 0.15) is 15.9 Å². The molecule has 12 heteroatoms. The van der Waals surface area contributed by atoms with E-state index in [0.717, 1.165) is 10.0 Å². The van der Waals surface area contributed by atoms with Gasteiger partial charge in [-0.1, -0.05) is 16.6 Å². The number of hydroxylamine groups is 1. The van der Waals surface area contributed by atoms with E-state index in [1.807, 2.05) is 0 Å². The molecule has 180 valence electrons. The van der Waals surface area contributed by atoms with Gasteiger partial charge in [0.2, 0.25) is 0 Å². The molecule has 0 unspecified atom stereocenters. The van der Waals surface area contributed by atoms with E-state index in [9.17, 15) is 26.4 Å². The highest BCUT2D eigenvalue weighted by Gasteiger charge is 2.31. The Balaban J connectivity index is 1.54. The smallest absolute Gasteiger partial charge is 0.406 e. The van der Waals surface area contributed by atoms with Crippen LogP contribution < -0.4 is 4.74 Å². The van der Waals surface area contributed by atoms with Gasteiger partial charge >= 0.3 is 6.36 Å². The molecule has 1 amide bonds. The van der Waals surface area contributed by atoms with Gasteiger partial charge in [-0.05, 0) is 42.0 Å². The van der Waals surface area contributed by atoms with Gasteiger partial charge in [-0.3, -0.25) is 14.5 Å². The zero-order chi connectivity index (χ0) is 24.2. The van der Waals surface area contributed by atoms with Crippen LogP contribution in [0, 0.1) is 0 Å². The van der Waals surface area contributed by atoms with Crippen molar-refractivity contribution in [2.75, 3.05) is 40.3 Å². The van der Waals surface area contributed by atoms with Crippen LogP contribution in [0.2, 0.25) is 0 Å². The molecule has 0 radical (unpaired) electrons. The molecular formula is C21H24F3N3O5S. The molecule has 0 N–H and O–H groups in total. The minimum atomic E-state index is -4.72. The van der Waals surface area contributed by atoms with Crippen molar-refractivity contribution in [2.24, 2.45) is 0 Å². The van der Waals surface area contributed by atoms with Gasteiger partial charge in [0.1, 0.15) is 5.75 Å². The van der Waals surface area contributed by atoms with Gasteiger partial charge in [-0.2, -0.15) is 0 Å². The van der Waals surface area contributed by atoms with Crippen LogP contribution in [0.4, 0.5) is 13.2 Å². The number of carbonyl (C=O) groups excluding carboxylic acids is 1. The Bertz CT molecular complexity index is 1050. The fourth-order valence-electron chi connectivity index (χ4n) is 3.36. The molecule has 1 saturated heterocycles. The van der Waals surface area contributed by atoms with E-state index in [1.54, 1.807) is 17.0 Å². The lowest BCUT2D eigenvalue weighted by atomic mass is 10.1. The number of halogens is 3. The first-order chi connectivity index (χ1) is 15.5. The predicted molar refractivity (Wildman–Crippen MR) is 113 cm³/mol. The highest BCUT2D eigenvalue weighted by atomic mass is 32.2. The molecule has 0 atom stereocenters. The molecule has 0 spiro atoms. The van der Waals surface area contributed by atoms with Crippen molar-refractivity contribution in [3.05, 3.63) is 59.7 Å². The number of hydrogen-bond donors (Lipinski definition) is 0. The fourth-order valence-corrected chi connectivity index (χ4v) is 4.34. The van der Waals surface area contributed by atoms with E-state index in [4.69, 9.17) is 4.84 Å². The summed E-state index contributed by atoms with van der Waals surface area (Å²) in [5.41, 5.74) is 1.21. The van der Waals surface area contributed by atoms with Gasteiger partial charge < -0.3 is 9.64 Å². The third-order valence-corrected chi connectivity index (χ3v) is 6.91. The second kappa shape index (κ2) is 10.1. The first-order valence-corrected chi connectivity index (χ1v) is 11.4. The van der Waals surface area contributed by atoms with E-state index in [-0.39, 0.29) is 16.6 Å². The number of benzene rings is 2. The minimum absolute atomic E-state index is 0.0138. The van der Waals surface area contributed by atoms with Crippen molar-refractivity contribution < 1.29 is 36.0 Å². The number of piperazine rings is 1. The average molecular weight is 488 g/mol. The number of rotatable bonds is 7. The normalized spacial score (nSPS) is 15.6. The maximum absolute atomic E-state index is 12.8. The highest BCUT2D eigenvalue weighted by molar-refractivity contribution is 7.89. The van der Waals surface area contributed by atoms with Crippen molar-refractivity contribution in [1.29, 1.82) is 0 Å². The van der Waals surface area contributed by atoms with Gasteiger partial charge in [0.25, 0.3) is 15.9 Å². The summed E-state index contributed by atoms with van der Waals surface area (Å²) in [7, 11) is -1.27. The Morgan fingerprint density at radius 1 is 1.00 bits per heavy atom. The highest BCUT2D eigenvalue weighted by Crippen LogP contribution is 2.23. The molecule has 0 aromatic heterocycles. The molecule has 1 fully saturated rings. The van der Waals surface area contributed by atoms with Crippen LogP contribution in [0.15, 0.2) is 53.4 Å². The zero-order valence-corrected chi connectivity index (χ0v) is 18.9. The summed E-state index contributed by atoms with van der Waals surface area (Å²) in [6.45, 7) is 2.67. The molecule has 3 rings (SSSR count). The molecule has 0 saturated carbocycles. The maximum atomic E-state index is 12.8.